The van der Waals surface area contributed by atoms with E-state index in [-0.39, 0.29) is 5.69 Å². The molecule has 8 nitrogen and oxygen atoms in total. The first-order valence-electron chi connectivity index (χ1n) is 9.29. The van der Waals surface area contributed by atoms with Crippen LogP contribution in [0.15, 0.2) is 79.6 Å². The molecule has 5 rings (SSSR count). The number of aromatic nitrogens is 3. The van der Waals surface area contributed by atoms with Gasteiger partial charge in [-0.25, -0.2) is 9.36 Å². The Hall–Kier alpha value is -3.59. The van der Waals surface area contributed by atoms with Crippen LogP contribution in [-0.2, 0) is 6.42 Å². The Kier molecular flexibility index (Phi) is 4.72. The van der Waals surface area contributed by atoms with Gasteiger partial charge in [0.25, 0.3) is 5.91 Å². The summed E-state index contributed by atoms with van der Waals surface area (Å²) in [6.45, 7) is 0. The quantitative estimate of drug-likeness (QED) is 0.541. The third-order valence-corrected chi connectivity index (χ3v) is 6.01. The van der Waals surface area contributed by atoms with Crippen molar-refractivity contribution in [1.82, 2.24) is 20.2 Å². The Morgan fingerprint density at radius 3 is 2.80 bits per heavy atom. The van der Waals surface area contributed by atoms with Crippen LogP contribution in [0, 0.1) is 0 Å². The lowest BCUT2D eigenvalue weighted by atomic mass is 10.1. The summed E-state index contributed by atoms with van der Waals surface area (Å²) in [6.07, 6.45) is 2.00. The van der Waals surface area contributed by atoms with Crippen LogP contribution in [0.1, 0.15) is 33.5 Å². The molecule has 0 spiro atoms. The summed E-state index contributed by atoms with van der Waals surface area (Å²) in [7, 11) is 0. The molecule has 1 aliphatic heterocycles. The highest BCUT2D eigenvalue weighted by atomic mass is 32.2. The summed E-state index contributed by atoms with van der Waals surface area (Å²) in [5.41, 5.74) is 2.62. The first kappa shape index (κ1) is 18.4. The summed E-state index contributed by atoms with van der Waals surface area (Å²) in [4.78, 5) is 26.2. The molecule has 0 fully saturated rings. The number of carbonyl (C=O) groups excluding carboxylic acids is 1. The van der Waals surface area contributed by atoms with Crippen LogP contribution in [0.3, 0.4) is 0 Å². The maximum Gasteiger partial charge on any atom is 0.446 e. The maximum atomic E-state index is 13.0. The van der Waals surface area contributed by atoms with E-state index in [1.54, 1.807) is 0 Å². The highest BCUT2D eigenvalue weighted by molar-refractivity contribution is 7.99. The Balaban J connectivity index is 1.43. The summed E-state index contributed by atoms with van der Waals surface area (Å²) in [5.74, 6) is -0.154. The summed E-state index contributed by atoms with van der Waals surface area (Å²) >= 11 is 1.53. The van der Waals surface area contributed by atoms with Gasteiger partial charge in [0.2, 0.25) is 0 Å². The van der Waals surface area contributed by atoms with Crippen LogP contribution in [0.2, 0.25) is 0 Å². The minimum absolute atomic E-state index is 0.211. The van der Waals surface area contributed by atoms with Gasteiger partial charge in [0, 0.05) is 22.6 Å². The number of carbonyl (C=O) groups is 1. The molecule has 30 heavy (non-hydrogen) atoms. The fourth-order valence-electron chi connectivity index (χ4n) is 3.43. The number of nitrogens with one attached hydrogen (secondary N) is 1. The molecule has 2 aromatic heterocycles. The van der Waals surface area contributed by atoms with Gasteiger partial charge in [-0.15, -0.1) is 11.8 Å². The smallest absolute Gasteiger partial charge is 0.364 e. The number of hydrogen-bond acceptors (Lipinski definition) is 7. The summed E-state index contributed by atoms with van der Waals surface area (Å²) in [6, 6.07) is 16.7. The molecule has 0 bridgehead atoms. The molecule has 1 atom stereocenters. The van der Waals surface area contributed by atoms with Crippen molar-refractivity contribution in [3.63, 3.8) is 0 Å². The SMILES string of the molecule is O=C(N[C@H]1CSc2ccccc2-n2c1noc2=O)c1nocc1Cc1ccccc1. The van der Waals surface area contributed by atoms with Crippen molar-refractivity contribution in [2.24, 2.45) is 0 Å². The minimum Gasteiger partial charge on any atom is -0.364 e. The number of benzene rings is 2. The molecule has 9 heteroatoms. The molecule has 0 aliphatic carbocycles. The molecule has 0 radical (unpaired) electrons. The lowest BCUT2D eigenvalue weighted by Gasteiger charge is -2.14. The molecule has 1 amide bonds. The van der Waals surface area contributed by atoms with E-state index in [1.165, 1.54) is 22.6 Å². The normalized spacial score (nSPS) is 15.1. The lowest BCUT2D eigenvalue weighted by Crippen LogP contribution is -2.33. The van der Waals surface area contributed by atoms with Crippen LogP contribution < -0.4 is 11.1 Å². The predicted octanol–water partition coefficient (Wildman–Crippen LogP) is 2.98. The van der Waals surface area contributed by atoms with Gasteiger partial charge in [-0.05, 0) is 17.7 Å². The third kappa shape index (κ3) is 3.33. The van der Waals surface area contributed by atoms with Gasteiger partial charge in [-0.3, -0.25) is 9.32 Å². The van der Waals surface area contributed by atoms with Gasteiger partial charge < -0.3 is 9.84 Å². The van der Waals surface area contributed by atoms with Crippen LogP contribution in [0.5, 0.6) is 0 Å². The summed E-state index contributed by atoms with van der Waals surface area (Å²) in [5, 5.41) is 10.7. The first-order chi connectivity index (χ1) is 14.7. The number of fused-ring (bicyclic) bond motifs is 3. The van der Waals surface area contributed by atoms with Crippen molar-refractivity contribution in [2.75, 3.05) is 5.75 Å². The molecule has 3 heterocycles. The van der Waals surface area contributed by atoms with Gasteiger partial charge >= 0.3 is 5.76 Å². The molecule has 4 aromatic rings. The Bertz CT molecular complexity index is 1260. The highest BCUT2D eigenvalue weighted by Crippen LogP contribution is 2.33. The van der Waals surface area contributed by atoms with E-state index in [2.05, 4.69) is 15.6 Å². The van der Waals surface area contributed by atoms with Crippen molar-refractivity contribution >= 4 is 17.7 Å². The van der Waals surface area contributed by atoms with Crippen molar-refractivity contribution in [2.45, 2.75) is 17.4 Å². The van der Waals surface area contributed by atoms with Crippen molar-refractivity contribution in [3.05, 3.63) is 94.1 Å². The molecule has 150 valence electrons. The zero-order valence-corrected chi connectivity index (χ0v) is 16.5. The number of nitrogens with zero attached hydrogens (tertiary/aromatic N) is 3. The maximum absolute atomic E-state index is 13.0. The molecule has 1 aliphatic rings. The second-order valence-corrected chi connectivity index (χ2v) is 7.86. The molecule has 0 unspecified atom stereocenters. The average molecular weight is 420 g/mol. The Labute approximate surface area is 174 Å². The van der Waals surface area contributed by atoms with E-state index in [0.717, 1.165) is 10.5 Å². The third-order valence-electron chi connectivity index (χ3n) is 4.85. The van der Waals surface area contributed by atoms with E-state index in [1.807, 2.05) is 54.6 Å². The van der Waals surface area contributed by atoms with Gasteiger partial charge in [0.15, 0.2) is 11.5 Å². The fourth-order valence-corrected chi connectivity index (χ4v) is 4.49. The van der Waals surface area contributed by atoms with E-state index in [9.17, 15) is 9.59 Å². The topological polar surface area (TPSA) is 103 Å². The van der Waals surface area contributed by atoms with Crippen molar-refractivity contribution in [1.29, 1.82) is 0 Å². The molecule has 0 saturated heterocycles. The molecular formula is C21H16N4O4S. The zero-order valence-electron chi connectivity index (χ0n) is 15.6. The Morgan fingerprint density at radius 2 is 1.93 bits per heavy atom. The van der Waals surface area contributed by atoms with E-state index >= 15 is 0 Å². The fraction of sp³-hybridized carbons (Fsp3) is 0.143. The molecular weight excluding hydrogens is 404 g/mol. The minimum atomic E-state index is -0.592. The number of amides is 1. The number of thioether (sulfide) groups is 1. The highest BCUT2D eigenvalue weighted by Gasteiger charge is 2.30. The first-order valence-corrected chi connectivity index (χ1v) is 10.3. The second-order valence-electron chi connectivity index (χ2n) is 6.80. The average Bonchev–Trinajstić information content (AvgIpc) is 3.34. The number of rotatable bonds is 4. The van der Waals surface area contributed by atoms with Gasteiger partial charge in [-0.1, -0.05) is 52.8 Å². The monoisotopic (exact) mass is 420 g/mol. The number of para-hydroxylation sites is 1. The summed E-state index contributed by atoms with van der Waals surface area (Å²) < 4.78 is 11.4. The van der Waals surface area contributed by atoms with Gasteiger partial charge in [0.1, 0.15) is 12.3 Å². The largest absolute Gasteiger partial charge is 0.446 e. The van der Waals surface area contributed by atoms with E-state index in [0.29, 0.717) is 29.2 Å². The van der Waals surface area contributed by atoms with Crippen molar-refractivity contribution < 1.29 is 13.8 Å². The molecule has 2 aromatic carbocycles. The lowest BCUT2D eigenvalue weighted by molar-refractivity contribution is 0.0928. The van der Waals surface area contributed by atoms with Crippen LogP contribution in [-0.4, -0.2) is 26.5 Å². The van der Waals surface area contributed by atoms with Gasteiger partial charge in [0.05, 0.1) is 5.69 Å². The predicted molar refractivity (Wildman–Crippen MR) is 109 cm³/mol. The molecule has 1 N–H and O–H groups in total. The Morgan fingerprint density at radius 1 is 1.13 bits per heavy atom. The van der Waals surface area contributed by atoms with E-state index < -0.39 is 17.7 Å². The van der Waals surface area contributed by atoms with Crippen LogP contribution in [0.25, 0.3) is 5.69 Å². The van der Waals surface area contributed by atoms with Crippen LogP contribution >= 0.6 is 11.8 Å². The second kappa shape index (κ2) is 7.68. The number of hydrogen-bond donors (Lipinski definition) is 1. The van der Waals surface area contributed by atoms with E-state index in [4.69, 9.17) is 9.05 Å². The van der Waals surface area contributed by atoms with Crippen LogP contribution in [0.4, 0.5) is 0 Å². The van der Waals surface area contributed by atoms with Crippen molar-refractivity contribution in [3.8, 4) is 5.69 Å². The zero-order chi connectivity index (χ0) is 20.5. The molecule has 0 saturated carbocycles. The van der Waals surface area contributed by atoms with Gasteiger partial charge in [-0.2, -0.15) is 0 Å². The standard InChI is InChI=1S/C21H16N4O4S/c26-20(18-14(11-28-23-18)10-13-6-2-1-3-7-13)22-15-12-30-17-9-5-4-8-16(17)25-19(15)24-29-21(25)27/h1-9,11,15H,10,12H2,(H,22,26)/t15-/m0/s1.